The number of hydrogen-bond acceptors (Lipinski definition) is 7. The van der Waals surface area contributed by atoms with Crippen molar-refractivity contribution in [3.8, 4) is 0 Å². The number of hydrogen-bond donors (Lipinski definition) is 1. The number of rotatable bonds is 2. The summed E-state index contributed by atoms with van der Waals surface area (Å²) in [6.45, 7) is 1.55. The lowest BCUT2D eigenvalue weighted by Crippen LogP contribution is -2.43. The van der Waals surface area contributed by atoms with Gasteiger partial charge in [-0.1, -0.05) is 0 Å². The summed E-state index contributed by atoms with van der Waals surface area (Å²) in [7, 11) is 0. The number of hydrazine groups is 1. The fraction of sp³-hybridized carbons (Fsp3) is 0.556. The Balaban J connectivity index is 1.78. The second-order valence-corrected chi connectivity index (χ2v) is 4.82. The van der Waals surface area contributed by atoms with Crippen molar-refractivity contribution in [2.75, 3.05) is 13.1 Å². The summed E-state index contributed by atoms with van der Waals surface area (Å²) in [6.07, 6.45) is 2.22. The molecule has 2 fully saturated rings. The Kier molecular flexibility index (Phi) is 2.61. The second kappa shape index (κ2) is 4.13. The number of nitrogens with zero attached hydrogens (tertiary/aromatic N) is 5. The Morgan fingerprint density at radius 2 is 2.41 bits per heavy atom. The van der Waals surface area contributed by atoms with Crippen LogP contribution >= 0.6 is 11.3 Å². The molecule has 8 heteroatoms. The fourth-order valence-electron chi connectivity index (χ4n) is 2.13. The molecule has 0 saturated carbocycles. The molecule has 90 valence electrons. The molecule has 7 nitrogen and oxygen atoms in total. The van der Waals surface area contributed by atoms with Gasteiger partial charge in [0.1, 0.15) is 6.17 Å². The molecular formula is C9H12N6OS. The van der Waals surface area contributed by atoms with Crippen LogP contribution in [0.4, 0.5) is 5.13 Å². The molecule has 1 aromatic rings. The third-order valence-electron chi connectivity index (χ3n) is 2.93. The van der Waals surface area contributed by atoms with E-state index in [1.54, 1.807) is 11.2 Å². The zero-order valence-corrected chi connectivity index (χ0v) is 9.88. The van der Waals surface area contributed by atoms with Crippen LogP contribution in [0.25, 0.3) is 0 Å². The number of fused-ring (bicyclic) bond motifs is 1. The first-order valence-electron chi connectivity index (χ1n) is 5.41. The molecule has 0 bridgehead atoms. The molecule has 0 aromatic carbocycles. The van der Waals surface area contributed by atoms with Gasteiger partial charge < -0.3 is 5.73 Å². The van der Waals surface area contributed by atoms with Crippen molar-refractivity contribution in [3.05, 3.63) is 11.6 Å². The highest BCUT2D eigenvalue weighted by atomic mass is 32.1. The number of thiazole rings is 1. The number of aromatic nitrogens is 1. The highest BCUT2D eigenvalue weighted by molar-refractivity contribution is 7.13. The van der Waals surface area contributed by atoms with Gasteiger partial charge in [-0.15, -0.1) is 16.5 Å². The Morgan fingerprint density at radius 3 is 3.12 bits per heavy atom. The Bertz CT molecular complexity index is 446. The normalized spacial score (nSPS) is 29.5. The van der Waals surface area contributed by atoms with E-state index in [9.17, 15) is 4.79 Å². The summed E-state index contributed by atoms with van der Waals surface area (Å²) in [6, 6.07) is -0.598. The van der Waals surface area contributed by atoms with Gasteiger partial charge >= 0.3 is 0 Å². The molecular weight excluding hydrogens is 240 g/mol. The van der Waals surface area contributed by atoms with Gasteiger partial charge in [0.2, 0.25) is 5.13 Å². The van der Waals surface area contributed by atoms with E-state index >= 15 is 0 Å². The molecule has 1 amide bonds. The van der Waals surface area contributed by atoms with Crippen molar-refractivity contribution in [2.24, 2.45) is 16.0 Å². The molecule has 17 heavy (non-hydrogen) atoms. The molecule has 0 radical (unpaired) electrons. The number of carbonyl (C=O) groups excluding carboxylic acids is 1. The lowest BCUT2D eigenvalue weighted by molar-refractivity contribution is -0.135. The Morgan fingerprint density at radius 1 is 1.53 bits per heavy atom. The highest BCUT2D eigenvalue weighted by Gasteiger charge is 2.47. The van der Waals surface area contributed by atoms with Gasteiger partial charge in [0.15, 0.2) is 6.04 Å². The number of amides is 1. The van der Waals surface area contributed by atoms with Crippen LogP contribution in [0.5, 0.6) is 0 Å². The standard InChI is InChI=1S/C9H12N6OS/c10-7-6(12-13-9-11-2-5-17-9)8(16)15-4-1-3-14(7)15/h2,5-7H,1,3-4,10H2. The third kappa shape index (κ3) is 1.74. The second-order valence-electron chi connectivity index (χ2n) is 3.94. The van der Waals surface area contributed by atoms with Crippen LogP contribution in [0.15, 0.2) is 21.8 Å². The number of carbonyl (C=O) groups is 1. The molecule has 2 aliphatic heterocycles. The average Bonchev–Trinajstić information content (AvgIpc) is 3.01. The molecule has 2 atom stereocenters. The van der Waals surface area contributed by atoms with Gasteiger partial charge in [0.25, 0.3) is 5.91 Å². The van der Waals surface area contributed by atoms with Crippen LogP contribution in [0.1, 0.15) is 6.42 Å². The van der Waals surface area contributed by atoms with Crippen LogP contribution < -0.4 is 5.73 Å². The molecule has 2 N–H and O–H groups in total. The quantitative estimate of drug-likeness (QED) is 0.769. The molecule has 1 aromatic heterocycles. The summed E-state index contributed by atoms with van der Waals surface area (Å²) < 4.78 is 0. The predicted molar refractivity (Wildman–Crippen MR) is 61.4 cm³/mol. The van der Waals surface area contributed by atoms with E-state index in [4.69, 9.17) is 5.73 Å². The maximum atomic E-state index is 12.0. The van der Waals surface area contributed by atoms with Crippen molar-refractivity contribution in [2.45, 2.75) is 18.6 Å². The van der Waals surface area contributed by atoms with Gasteiger partial charge in [-0.05, 0) is 6.42 Å². The van der Waals surface area contributed by atoms with Crippen molar-refractivity contribution in [1.82, 2.24) is 15.0 Å². The Labute approximate surface area is 102 Å². The monoisotopic (exact) mass is 252 g/mol. The highest BCUT2D eigenvalue weighted by Crippen LogP contribution is 2.26. The minimum absolute atomic E-state index is 0.0599. The summed E-state index contributed by atoms with van der Waals surface area (Å²) in [5.74, 6) is -0.0599. The maximum Gasteiger partial charge on any atom is 0.266 e. The van der Waals surface area contributed by atoms with E-state index in [1.807, 2.05) is 10.4 Å². The van der Waals surface area contributed by atoms with Crippen LogP contribution in [0, 0.1) is 0 Å². The fourth-order valence-corrected chi connectivity index (χ4v) is 2.59. The first kappa shape index (κ1) is 10.8. The molecule has 2 unspecified atom stereocenters. The van der Waals surface area contributed by atoms with Crippen LogP contribution in [0.3, 0.4) is 0 Å². The summed E-state index contributed by atoms with van der Waals surface area (Å²) in [5.41, 5.74) is 5.99. The van der Waals surface area contributed by atoms with Crippen LogP contribution in [0.2, 0.25) is 0 Å². The zero-order valence-electron chi connectivity index (χ0n) is 9.06. The molecule has 2 aliphatic rings. The zero-order chi connectivity index (χ0) is 11.8. The van der Waals surface area contributed by atoms with Gasteiger partial charge in [-0.3, -0.25) is 9.80 Å². The smallest absolute Gasteiger partial charge is 0.266 e. The van der Waals surface area contributed by atoms with E-state index in [2.05, 4.69) is 15.2 Å². The first-order valence-corrected chi connectivity index (χ1v) is 6.29. The summed E-state index contributed by atoms with van der Waals surface area (Å²) in [5, 5.41) is 13.9. The van der Waals surface area contributed by atoms with Crippen LogP contribution in [-0.4, -0.2) is 46.2 Å². The molecule has 3 heterocycles. The maximum absolute atomic E-state index is 12.0. The first-order chi connectivity index (χ1) is 8.27. The Hall–Kier alpha value is -1.38. The van der Waals surface area contributed by atoms with Gasteiger partial charge in [-0.25, -0.2) is 4.98 Å². The topological polar surface area (TPSA) is 87.2 Å². The molecule has 3 rings (SSSR count). The number of azo groups is 1. The van der Waals surface area contributed by atoms with Crippen molar-refractivity contribution >= 4 is 22.4 Å². The molecule has 0 spiro atoms. The van der Waals surface area contributed by atoms with Crippen molar-refractivity contribution in [3.63, 3.8) is 0 Å². The lowest BCUT2D eigenvalue weighted by Gasteiger charge is -2.20. The van der Waals surface area contributed by atoms with E-state index in [1.165, 1.54) is 11.3 Å². The minimum atomic E-state index is -0.598. The van der Waals surface area contributed by atoms with E-state index < -0.39 is 12.2 Å². The van der Waals surface area contributed by atoms with E-state index in [-0.39, 0.29) is 5.91 Å². The minimum Gasteiger partial charge on any atom is -0.312 e. The lowest BCUT2D eigenvalue weighted by atomic mass is 10.2. The molecule has 2 saturated heterocycles. The summed E-state index contributed by atoms with van der Waals surface area (Å²) in [4.78, 5) is 16.0. The SMILES string of the molecule is NC1C(N=Nc2nccs2)C(=O)N2CCCN12. The van der Waals surface area contributed by atoms with Crippen molar-refractivity contribution in [1.29, 1.82) is 0 Å². The van der Waals surface area contributed by atoms with E-state index in [0.717, 1.165) is 19.5 Å². The average molecular weight is 252 g/mol. The van der Waals surface area contributed by atoms with Crippen molar-refractivity contribution < 1.29 is 4.79 Å². The number of nitrogens with two attached hydrogens (primary N) is 1. The summed E-state index contributed by atoms with van der Waals surface area (Å²) >= 11 is 1.38. The van der Waals surface area contributed by atoms with E-state index in [0.29, 0.717) is 5.13 Å². The largest absolute Gasteiger partial charge is 0.312 e. The van der Waals surface area contributed by atoms with Crippen LogP contribution in [-0.2, 0) is 4.79 Å². The van der Waals surface area contributed by atoms with Gasteiger partial charge in [-0.2, -0.15) is 10.1 Å². The third-order valence-corrected chi connectivity index (χ3v) is 3.58. The predicted octanol–water partition coefficient (Wildman–Crippen LogP) is 0.343. The van der Waals surface area contributed by atoms with Gasteiger partial charge in [0.05, 0.1) is 0 Å². The molecule has 0 aliphatic carbocycles. The van der Waals surface area contributed by atoms with Gasteiger partial charge in [0, 0.05) is 24.7 Å².